The molecule has 0 amide bonds. The van der Waals surface area contributed by atoms with Crippen LogP contribution in [0.5, 0.6) is 0 Å². The fraction of sp³-hybridized carbons (Fsp3) is 0.333. The first-order valence-electron chi connectivity index (χ1n) is 3.41. The summed E-state index contributed by atoms with van der Waals surface area (Å²) in [6, 6.07) is 0. The molecule has 48 valence electrons. The van der Waals surface area contributed by atoms with Gasteiger partial charge in [-0.1, -0.05) is 30.9 Å². The van der Waals surface area contributed by atoms with E-state index in [0.29, 0.717) is 0 Å². The van der Waals surface area contributed by atoms with Crippen molar-refractivity contribution >= 4 is 0 Å². The zero-order chi connectivity index (χ0) is 6.53. The maximum Gasteiger partial charge on any atom is -0.0276 e. The zero-order valence-corrected chi connectivity index (χ0v) is 5.64. The Morgan fingerprint density at radius 1 is 1.56 bits per heavy atom. The molecule has 9 heavy (non-hydrogen) atoms. The maximum atomic E-state index is 3.64. The first kappa shape index (κ1) is 6.34. The van der Waals surface area contributed by atoms with Gasteiger partial charge in [0, 0.05) is 0 Å². The second kappa shape index (κ2) is 3.29. The van der Waals surface area contributed by atoms with E-state index in [9.17, 15) is 0 Å². The smallest absolute Gasteiger partial charge is 0.0276 e. The number of hydrogen-bond acceptors (Lipinski definition) is 0. The number of hydrogen-bond donors (Lipinski definition) is 0. The number of allylic oxidation sites excluding steroid dienone is 5. The molecule has 0 aromatic rings. The third-order valence-electron chi connectivity index (χ3n) is 1.50. The summed E-state index contributed by atoms with van der Waals surface area (Å²) in [5.74, 6) is 0. The van der Waals surface area contributed by atoms with Gasteiger partial charge in [-0.2, -0.15) is 0 Å². The van der Waals surface area contributed by atoms with E-state index in [1.807, 2.05) is 6.08 Å². The summed E-state index contributed by atoms with van der Waals surface area (Å²) in [5, 5.41) is 0. The summed E-state index contributed by atoms with van der Waals surface area (Å²) in [5.41, 5.74) is 1.41. The van der Waals surface area contributed by atoms with E-state index in [1.165, 1.54) is 24.8 Å². The topological polar surface area (TPSA) is 0 Å². The van der Waals surface area contributed by atoms with Gasteiger partial charge in [0.2, 0.25) is 0 Å². The SMILES string of the molecule is C=CC=C1C=CCCC1. The summed E-state index contributed by atoms with van der Waals surface area (Å²) in [4.78, 5) is 0. The summed E-state index contributed by atoms with van der Waals surface area (Å²) >= 11 is 0. The Hall–Kier alpha value is -0.780. The Bertz CT molecular complexity index is 149. The van der Waals surface area contributed by atoms with Crippen molar-refractivity contribution in [1.82, 2.24) is 0 Å². The highest BCUT2D eigenvalue weighted by Gasteiger charge is 1.95. The molecule has 0 radical (unpaired) electrons. The third-order valence-corrected chi connectivity index (χ3v) is 1.50. The molecule has 0 N–H and O–H groups in total. The van der Waals surface area contributed by atoms with Crippen LogP contribution in [-0.4, -0.2) is 0 Å². The van der Waals surface area contributed by atoms with Crippen molar-refractivity contribution in [3.05, 3.63) is 36.5 Å². The predicted molar refractivity (Wildman–Crippen MR) is 41.3 cm³/mol. The van der Waals surface area contributed by atoms with Gasteiger partial charge in [0.15, 0.2) is 0 Å². The standard InChI is InChI=1S/C9H12/c1-2-6-9-7-4-3-5-8-9/h2,4,6-7H,1,3,5,8H2. The van der Waals surface area contributed by atoms with Crippen LogP contribution in [0.4, 0.5) is 0 Å². The lowest BCUT2D eigenvalue weighted by molar-refractivity contribution is 0.821. The largest absolute Gasteiger partial charge is 0.0991 e. The molecule has 0 heterocycles. The molecule has 0 nitrogen and oxygen atoms in total. The predicted octanol–water partition coefficient (Wildman–Crippen LogP) is 2.84. The quantitative estimate of drug-likeness (QED) is 0.499. The first-order chi connectivity index (χ1) is 4.43. The van der Waals surface area contributed by atoms with Crippen LogP contribution in [0.1, 0.15) is 19.3 Å². The first-order valence-corrected chi connectivity index (χ1v) is 3.41. The Morgan fingerprint density at radius 3 is 3.00 bits per heavy atom. The average molecular weight is 120 g/mol. The van der Waals surface area contributed by atoms with Crippen LogP contribution in [-0.2, 0) is 0 Å². The molecule has 1 aliphatic rings. The molecule has 0 bridgehead atoms. The summed E-state index contributed by atoms with van der Waals surface area (Å²) in [6.07, 6.45) is 12.1. The van der Waals surface area contributed by atoms with Crippen molar-refractivity contribution in [2.75, 3.05) is 0 Å². The van der Waals surface area contributed by atoms with E-state index in [4.69, 9.17) is 0 Å². The molecule has 0 aromatic carbocycles. The molecule has 1 rings (SSSR count). The van der Waals surface area contributed by atoms with Crippen molar-refractivity contribution in [2.45, 2.75) is 19.3 Å². The van der Waals surface area contributed by atoms with Gasteiger partial charge in [-0.05, 0) is 24.8 Å². The van der Waals surface area contributed by atoms with Gasteiger partial charge in [0.1, 0.15) is 0 Å². The summed E-state index contributed by atoms with van der Waals surface area (Å²) in [6.45, 7) is 3.64. The van der Waals surface area contributed by atoms with Gasteiger partial charge >= 0.3 is 0 Å². The Labute approximate surface area is 56.6 Å². The molecule has 0 unspecified atom stereocenters. The van der Waals surface area contributed by atoms with Crippen molar-refractivity contribution in [3.63, 3.8) is 0 Å². The zero-order valence-electron chi connectivity index (χ0n) is 5.64. The highest BCUT2D eigenvalue weighted by atomic mass is 14.0. The molecule has 0 spiro atoms. The van der Waals surface area contributed by atoms with Crippen LogP contribution in [0.25, 0.3) is 0 Å². The van der Waals surface area contributed by atoms with Gasteiger partial charge in [-0.15, -0.1) is 0 Å². The lowest BCUT2D eigenvalue weighted by atomic mass is 10.0. The second-order valence-corrected chi connectivity index (χ2v) is 2.27. The van der Waals surface area contributed by atoms with Crippen LogP contribution >= 0.6 is 0 Å². The Kier molecular flexibility index (Phi) is 2.32. The molecule has 0 aromatic heterocycles. The molecule has 0 aliphatic heterocycles. The van der Waals surface area contributed by atoms with Gasteiger partial charge in [-0.25, -0.2) is 0 Å². The molecule has 1 aliphatic carbocycles. The minimum atomic E-state index is 1.22. The Morgan fingerprint density at radius 2 is 2.44 bits per heavy atom. The van der Waals surface area contributed by atoms with Crippen LogP contribution in [0.2, 0.25) is 0 Å². The second-order valence-electron chi connectivity index (χ2n) is 2.27. The van der Waals surface area contributed by atoms with Crippen LogP contribution in [0, 0.1) is 0 Å². The van der Waals surface area contributed by atoms with Crippen LogP contribution < -0.4 is 0 Å². The molecule has 0 fully saturated rings. The van der Waals surface area contributed by atoms with E-state index in [1.54, 1.807) is 0 Å². The molecule has 0 heteroatoms. The lowest BCUT2D eigenvalue weighted by Gasteiger charge is -2.04. The van der Waals surface area contributed by atoms with Crippen molar-refractivity contribution in [2.24, 2.45) is 0 Å². The lowest BCUT2D eigenvalue weighted by Crippen LogP contribution is -1.84. The molecule has 0 saturated carbocycles. The normalized spacial score (nSPS) is 22.4. The fourth-order valence-electron chi connectivity index (χ4n) is 1.03. The van der Waals surface area contributed by atoms with Crippen molar-refractivity contribution in [3.8, 4) is 0 Å². The summed E-state index contributed by atoms with van der Waals surface area (Å²) in [7, 11) is 0. The molecular formula is C9H12. The summed E-state index contributed by atoms with van der Waals surface area (Å²) < 4.78 is 0. The van der Waals surface area contributed by atoms with Crippen LogP contribution in [0.15, 0.2) is 36.5 Å². The van der Waals surface area contributed by atoms with Crippen molar-refractivity contribution < 1.29 is 0 Å². The van der Waals surface area contributed by atoms with Gasteiger partial charge in [0.25, 0.3) is 0 Å². The van der Waals surface area contributed by atoms with E-state index in [-0.39, 0.29) is 0 Å². The fourth-order valence-corrected chi connectivity index (χ4v) is 1.03. The maximum absolute atomic E-state index is 3.64. The highest BCUT2D eigenvalue weighted by molar-refractivity contribution is 5.24. The Balaban J connectivity index is 2.59. The van der Waals surface area contributed by atoms with E-state index in [2.05, 4.69) is 24.8 Å². The van der Waals surface area contributed by atoms with E-state index in [0.717, 1.165) is 0 Å². The van der Waals surface area contributed by atoms with Gasteiger partial charge in [0.05, 0.1) is 0 Å². The highest BCUT2D eigenvalue weighted by Crippen LogP contribution is 2.15. The van der Waals surface area contributed by atoms with E-state index >= 15 is 0 Å². The minimum absolute atomic E-state index is 1.22. The van der Waals surface area contributed by atoms with Crippen molar-refractivity contribution in [1.29, 1.82) is 0 Å². The monoisotopic (exact) mass is 120 g/mol. The number of rotatable bonds is 1. The van der Waals surface area contributed by atoms with Crippen LogP contribution in [0.3, 0.4) is 0 Å². The molecular weight excluding hydrogens is 108 g/mol. The minimum Gasteiger partial charge on any atom is -0.0991 e. The molecule has 0 atom stereocenters. The molecule has 0 saturated heterocycles. The third kappa shape index (κ3) is 1.88. The average Bonchev–Trinajstić information content (AvgIpc) is 1.91. The van der Waals surface area contributed by atoms with Gasteiger partial charge < -0.3 is 0 Å². The van der Waals surface area contributed by atoms with Gasteiger partial charge in [-0.3, -0.25) is 0 Å². The van der Waals surface area contributed by atoms with E-state index < -0.39 is 0 Å².